The molecule has 28 heavy (non-hydrogen) atoms. The first-order chi connectivity index (χ1) is 13.1. The minimum Gasteiger partial charge on any atom is -0.479 e. The Morgan fingerprint density at radius 3 is 2.43 bits per heavy atom. The van der Waals surface area contributed by atoms with Gasteiger partial charge in [-0.3, -0.25) is 0 Å². The molecule has 158 valence electrons. The van der Waals surface area contributed by atoms with Gasteiger partial charge in [-0.2, -0.15) is 4.98 Å². The van der Waals surface area contributed by atoms with Gasteiger partial charge in [-0.15, -0.1) is 0 Å². The van der Waals surface area contributed by atoms with Crippen LogP contribution in [0.25, 0.3) is 11.2 Å². The molecule has 0 aliphatic carbocycles. The van der Waals surface area contributed by atoms with Crippen molar-refractivity contribution >= 4 is 19.5 Å². The molecule has 0 aliphatic heterocycles. The highest BCUT2D eigenvalue weighted by Crippen LogP contribution is 2.39. The molecule has 2 aromatic rings. The summed E-state index contributed by atoms with van der Waals surface area (Å²) in [6, 6.07) is 0.190. The van der Waals surface area contributed by atoms with Crippen LogP contribution >= 0.6 is 0 Å². The highest BCUT2D eigenvalue weighted by Gasteiger charge is 2.40. The van der Waals surface area contributed by atoms with E-state index in [2.05, 4.69) is 67.2 Å². The van der Waals surface area contributed by atoms with E-state index in [9.17, 15) is 0 Å². The van der Waals surface area contributed by atoms with E-state index >= 15 is 0 Å². The summed E-state index contributed by atoms with van der Waals surface area (Å²) < 4.78 is 14.3. The molecule has 0 fully saturated rings. The van der Waals surface area contributed by atoms with Gasteiger partial charge >= 0.3 is 0 Å². The summed E-state index contributed by atoms with van der Waals surface area (Å²) in [5.74, 6) is 0.520. The van der Waals surface area contributed by atoms with Gasteiger partial charge in [-0.05, 0) is 31.5 Å². The number of methoxy groups -OCH3 is 1. The zero-order valence-electron chi connectivity index (χ0n) is 19.0. The van der Waals surface area contributed by atoms with Crippen LogP contribution in [0.5, 0.6) is 5.88 Å². The second-order valence-electron chi connectivity index (χ2n) is 9.21. The van der Waals surface area contributed by atoms with Gasteiger partial charge in [-0.25, -0.2) is 9.97 Å². The predicted octanol–water partition coefficient (Wildman–Crippen LogP) is 5.76. The molecule has 7 heteroatoms. The lowest BCUT2D eigenvalue weighted by atomic mass is 10.0. The van der Waals surface area contributed by atoms with Crippen LogP contribution in [0.1, 0.15) is 72.8 Å². The molecule has 0 radical (unpaired) electrons. The molecule has 6 nitrogen and oxygen atoms in total. The highest BCUT2D eigenvalue weighted by atomic mass is 28.4. The van der Waals surface area contributed by atoms with Gasteiger partial charge in [0.25, 0.3) is 0 Å². The molecule has 0 unspecified atom stereocenters. The Bertz CT molecular complexity index is 754. The van der Waals surface area contributed by atoms with Crippen LogP contribution in [0.4, 0.5) is 0 Å². The van der Waals surface area contributed by atoms with E-state index in [1.54, 1.807) is 13.4 Å². The monoisotopic (exact) mass is 406 g/mol. The van der Waals surface area contributed by atoms with E-state index in [1.165, 1.54) is 25.7 Å². The lowest BCUT2D eigenvalue weighted by Crippen LogP contribution is -2.45. The van der Waals surface area contributed by atoms with Gasteiger partial charge in [0, 0.05) is 0 Å². The first-order valence-electron chi connectivity index (χ1n) is 10.5. The maximum absolute atomic E-state index is 6.77. The molecule has 0 saturated carbocycles. The molecule has 0 bridgehead atoms. The Kier molecular flexibility index (Phi) is 7.62. The van der Waals surface area contributed by atoms with Crippen LogP contribution in [0.2, 0.25) is 18.1 Å². The van der Waals surface area contributed by atoms with Crippen LogP contribution in [-0.2, 0) is 4.43 Å². The molecular weight excluding hydrogens is 368 g/mol. The Labute approximate surface area is 171 Å². The lowest BCUT2D eigenvalue weighted by molar-refractivity contribution is 0.132. The van der Waals surface area contributed by atoms with Crippen LogP contribution < -0.4 is 4.74 Å². The van der Waals surface area contributed by atoms with Crippen molar-refractivity contribution in [2.45, 2.75) is 97.0 Å². The van der Waals surface area contributed by atoms with E-state index in [-0.39, 0.29) is 17.2 Å². The van der Waals surface area contributed by atoms with Crippen LogP contribution in [0.15, 0.2) is 12.7 Å². The average molecular weight is 407 g/mol. The van der Waals surface area contributed by atoms with Crippen molar-refractivity contribution < 1.29 is 9.16 Å². The summed E-state index contributed by atoms with van der Waals surface area (Å²) in [6.45, 7) is 15.9. The number of nitrogens with zero attached hydrogens (tertiary/aromatic N) is 4. The second-order valence-corrected chi connectivity index (χ2v) is 14.0. The maximum atomic E-state index is 6.77. The number of fused-ring (bicyclic) bond motifs is 1. The Hall–Kier alpha value is -1.47. The van der Waals surface area contributed by atoms with Crippen LogP contribution in [0, 0.1) is 0 Å². The zero-order chi connectivity index (χ0) is 20.9. The summed E-state index contributed by atoms with van der Waals surface area (Å²) in [5, 5.41) is 0.177. The first-order valence-corrected chi connectivity index (χ1v) is 13.4. The molecule has 0 N–H and O–H groups in total. The average Bonchev–Trinajstić information content (AvgIpc) is 3.04. The number of ether oxygens (including phenoxy) is 1. The molecule has 2 aromatic heterocycles. The standard InChI is InChI=1S/C21H38N4O2Si/c1-9-10-11-12-13-17(16(2)27-28(7,8)21(3,4)5)25-15-24-18-19(25)22-14-23-20(18)26-6/h14-17H,9-13H2,1-8H3/t16-,17+/m1/s1. The SMILES string of the molecule is CCCCCC[C@@H]([C@@H](C)O[Si](C)(C)C(C)(C)C)n1cnc2c(OC)ncnc21. The fourth-order valence-corrected chi connectivity index (χ4v) is 4.76. The van der Waals surface area contributed by atoms with Crippen molar-refractivity contribution in [3.8, 4) is 5.88 Å². The van der Waals surface area contributed by atoms with Crippen molar-refractivity contribution in [1.82, 2.24) is 19.5 Å². The molecule has 0 saturated heterocycles. The number of imidazole rings is 1. The normalized spacial score (nSPS) is 15.0. The third-order valence-electron chi connectivity index (χ3n) is 6.06. The van der Waals surface area contributed by atoms with E-state index in [1.807, 2.05) is 6.33 Å². The Morgan fingerprint density at radius 1 is 1.11 bits per heavy atom. The second kappa shape index (κ2) is 9.35. The fraction of sp³-hybridized carbons (Fsp3) is 0.762. The smallest absolute Gasteiger partial charge is 0.245 e. The first kappa shape index (κ1) is 22.8. The Balaban J connectivity index is 2.34. The van der Waals surface area contributed by atoms with Gasteiger partial charge < -0.3 is 13.7 Å². The van der Waals surface area contributed by atoms with E-state index < -0.39 is 8.32 Å². The minimum atomic E-state index is -1.87. The third kappa shape index (κ3) is 5.11. The van der Waals surface area contributed by atoms with Gasteiger partial charge in [0.2, 0.25) is 5.88 Å². The van der Waals surface area contributed by atoms with Crippen molar-refractivity contribution in [1.29, 1.82) is 0 Å². The fourth-order valence-electron chi connectivity index (χ4n) is 3.32. The number of hydrogen-bond acceptors (Lipinski definition) is 5. The van der Waals surface area contributed by atoms with Crippen molar-refractivity contribution in [3.63, 3.8) is 0 Å². The zero-order valence-corrected chi connectivity index (χ0v) is 20.0. The van der Waals surface area contributed by atoms with Gasteiger partial charge in [0.05, 0.1) is 25.6 Å². The summed E-state index contributed by atoms with van der Waals surface area (Å²) in [4.78, 5) is 13.2. The molecule has 0 aliphatic rings. The molecule has 0 amide bonds. The van der Waals surface area contributed by atoms with Gasteiger partial charge in [0.15, 0.2) is 19.5 Å². The molecule has 2 heterocycles. The van der Waals surface area contributed by atoms with Crippen molar-refractivity contribution in [2.75, 3.05) is 7.11 Å². The summed E-state index contributed by atoms with van der Waals surface area (Å²) in [5.41, 5.74) is 1.53. The van der Waals surface area contributed by atoms with Crippen LogP contribution in [0.3, 0.4) is 0 Å². The number of aromatic nitrogens is 4. The number of rotatable bonds is 10. The number of hydrogen-bond donors (Lipinski definition) is 0. The maximum Gasteiger partial charge on any atom is 0.245 e. The molecule has 0 spiro atoms. The Morgan fingerprint density at radius 2 is 1.82 bits per heavy atom. The topological polar surface area (TPSA) is 62.1 Å². The van der Waals surface area contributed by atoms with E-state index in [0.717, 1.165) is 12.1 Å². The number of unbranched alkanes of at least 4 members (excludes halogenated alkanes) is 3. The summed E-state index contributed by atoms with van der Waals surface area (Å²) in [6.07, 6.45) is 9.47. The minimum absolute atomic E-state index is 0.0841. The van der Waals surface area contributed by atoms with E-state index in [0.29, 0.717) is 11.4 Å². The molecule has 2 atom stereocenters. The quantitative estimate of drug-likeness (QED) is 0.371. The van der Waals surface area contributed by atoms with Gasteiger partial charge in [0.1, 0.15) is 6.33 Å². The highest BCUT2D eigenvalue weighted by molar-refractivity contribution is 6.74. The van der Waals surface area contributed by atoms with Crippen molar-refractivity contribution in [3.05, 3.63) is 12.7 Å². The molecular formula is C21H38N4O2Si. The predicted molar refractivity (Wildman–Crippen MR) is 117 cm³/mol. The lowest BCUT2D eigenvalue weighted by Gasteiger charge is -2.40. The third-order valence-corrected chi connectivity index (χ3v) is 10.6. The van der Waals surface area contributed by atoms with Crippen LogP contribution in [-0.4, -0.2) is 41.1 Å². The summed E-state index contributed by atoms with van der Waals surface area (Å²) >= 11 is 0. The van der Waals surface area contributed by atoms with E-state index in [4.69, 9.17) is 9.16 Å². The van der Waals surface area contributed by atoms with Crippen molar-refractivity contribution in [2.24, 2.45) is 0 Å². The largest absolute Gasteiger partial charge is 0.479 e. The summed E-state index contributed by atoms with van der Waals surface area (Å²) in [7, 11) is -0.257. The molecule has 2 rings (SSSR count). The van der Waals surface area contributed by atoms with Gasteiger partial charge in [-0.1, -0.05) is 53.4 Å². The molecule has 0 aromatic carbocycles.